The lowest BCUT2D eigenvalue weighted by Gasteiger charge is -2.57. The van der Waals surface area contributed by atoms with Gasteiger partial charge >= 0.3 is 6.03 Å². The fourth-order valence-electron chi connectivity index (χ4n) is 7.46. The van der Waals surface area contributed by atoms with Crippen LogP contribution in [0.1, 0.15) is 49.7 Å². The highest BCUT2D eigenvalue weighted by atomic mass is 16.6. The zero-order valence-electron chi connectivity index (χ0n) is 20.8. The number of urea groups is 1. The molecular weight excluding hydrogens is 490 g/mol. The summed E-state index contributed by atoms with van der Waals surface area (Å²) in [7, 11) is 1.22. The maximum atomic E-state index is 13.4. The number of amides is 4. The van der Waals surface area contributed by atoms with Crippen molar-refractivity contribution < 1.29 is 29.2 Å². The number of carbonyl (C=O) groups excluding carboxylic acids is 3. The zero-order valence-corrected chi connectivity index (χ0v) is 20.8. The first-order chi connectivity index (χ1) is 18.2. The van der Waals surface area contributed by atoms with Crippen LogP contribution in [0.25, 0.3) is 6.08 Å². The van der Waals surface area contributed by atoms with Crippen LogP contribution >= 0.6 is 0 Å². The molecule has 2 aromatic carbocycles. The van der Waals surface area contributed by atoms with Crippen molar-refractivity contribution in [2.75, 3.05) is 12.0 Å². The largest absolute Gasteiger partial charge is 0.504 e. The SMILES string of the molecule is COc1cc([N+](=O)[O-])cc(/C=C2\C(=O)NC(=O)N(c3ccc(C45CC6CC(CC(C6)C4)C5)cc3)C2=O)c1O. The van der Waals surface area contributed by atoms with Gasteiger partial charge in [-0.3, -0.25) is 25.0 Å². The van der Waals surface area contributed by atoms with Gasteiger partial charge in [-0.2, -0.15) is 0 Å². The fraction of sp³-hybridized carbons (Fsp3) is 0.393. The van der Waals surface area contributed by atoms with Gasteiger partial charge in [0.25, 0.3) is 17.5 Å². The van der Waals surface area contributed by atoms with Crippen molar-refractivity contribution in [3.05, 3.63) is 63.2 Å². The first-order valence-corrected chi connectivity index (χ1v) is 12.7. The second-order valence-electron chi connectivity index (χ2n) is 11.0. The minimum absolute atomic E-state index is 0.154. The van der Waals surface area contributed by atoms with Crippen LogP contribution in [0.2, 0.25) is 0 Å². The molecule has 0 radical (unpaired) electrons. The number of rotatable bonds is 5. The van der Waals surface area contributed by atoms with Crippen molar-refractivity contribution in [3.63, 3.8) is 0 Å². The van der Waals surface area contributed by atoms with E-state index in [4.69, 9.17) is 4.74 Å². The molecular formula is C28H27N3O7. The summed E-state index contributed by atoms with van der Waals surface area (Å²) >= 11 is 0. The van der Waals surface area contributed by atoms with Crippen LogP contribution in [-0.2, 0) is 15.0 Å². The monoisotopic (exact) mass is 517 g/mol. The Hall–Kier alpha value is -4.21. The topological polar surface area (TPSA) is 139 Å². The van der Waals surface area contributed by atoms with Crippen LogP contribution in [-0.4, -0.2) is 35.0 Å². The van der Waals surface area contributed by atoms with E-state index in [0.717, 1.165) is 40.9 Å². The molecule has 2 N–H and O–H groups in total. The molecule has 4 aliphatic carbocycles. The average molecular weight is 518 g/mol. The highest BCUT2D eigenvalue weighted by Gasteiger charge is 2.51. The molecule has 7 rings (SSSR count). The van der Waals surface area contributed by atoms with E-state index >= 15 is 0 Å². The number of non-ortho nitro benzene ring substituents is 1. The van der Waals surface area contributed by atoms with Gasteiger partial charge in [0, 0.05) is 11.6 Å². The Kier molecular flexibility index (Phi) is 5.51. The number of hydrogen-bond acceptors (Lipinski definition) is 7. The van der Waals surface area contributed by atoms with E-state index in [-0.39, 0.29) is 16.7 Å². The van der Waals surface area contributed by atoms with Crippen LogP contribution < -0.4 is 15.0 Å². The molecule has 0 aromatic heterocycles. The van der Waals surface area contributed by atoms with Crippen molar-refractivity contribution >= 4 is 35.3 Å². The number of nitrogens with one attached hydrogen (secondary N) is 1. The number of imide groups is 2. The van der Waals surface area contributed by atoms with Gasteiger partial charge in [-0.25, -0.2) is 9.69 Å². The van der Waals surface area contributed by atoms with Crippen LogP contribution in [0.4, 0.5) is 16.2 Å². The third kappa shape index (κ3) is 3.82. The number of benzene rings is 2. The minimum Gasteiger partial charge on any atom is -0.504 e. The van der Waals surface area contributed by atoms with Crippen LogP contribution in [0.3, 0.4) is 0 Å². The normalized spacial score (nSPS) is 29.1. The van der Waals surface area contributed by atoms with E-state index in [1.54, 1.807) is 12.1 Å². The molecule has 5 fully saturated rings. The zero-order chi connectivity index (χ0) is 26.8. The molecule has 1 saturated heterocycles. The number of ether oxygens (including phenoxy) is 1. The number of phenols is 1. The first kappa shape index (κ1) is 24.1. The molecule has 0 atom stereocenters. The van der Waals surface area contributed by atoms with E-state index in [0.29, 0.717) is 5.69 Å². The molecule has 0 spiro atoms. The quantitative estimate of drug-likeness (QED) is 0.259. The van der Waals surface area contributed by atoms with Crippen LogP contribution in [0.15, 0.2) is 42.0 Å². The van der Waals surface area contributed by atoms with Gasteiger partial charge in [0.1, 0.15) is 5.57 Å². The summed E-state index contributed by atoms with van der Waals surface area (Å²) in [4.78, 5) is 50.2. The first-order valence-electron chi connectivity index (χ1n) is 12.7. The maximum Gasteiger partial charge on any atom is 0.335 e. The Bertz CT molecular complexity index is 1380. The molecule has 10 heteroatoms. The number of phenolic OH excluding ortho intramolecular Hbond substituents is 1. The van der Waals surface area contributed by atoms with Crippen molar-refractivity contribution in [2.24, 2.45) is 17.8 Å². The molecule has 1 heterocycles. The Morgan fingerprint density at radius 2 is 1.66 bits per heavy atom. The maximum absolute atomic E-state index is 13.4. The summed E-state index contributed by atoms with van der Waals surface area (Å²) < 4.78 is 4.99. The number of barbiturate groups is 1. The molecule has 5 aliphatic rings. The predicted molar refractivity (Wildman–Crippen MR) is 137 cm³/mol. The van der Waals surface area contributed by atoms with E-state index in [2.05, 4.69) is 5.32 Å². The molecule has 1 aliphatic heterocycles. The number of carbonyl (C=O) groups is 3. The Morgan fingerprint density at radius 1 is 1.05 bits per heavy atom. The number of aromatic hydroxyl groups is 1. The Morgan fingerprint density at radius 3 is 2.21 bits per heavy atom. The van der Waals surface area contributed by atoms with Crippen molar-refractivity contribution in [1.29, 1.82) is 0 Å². The summed E-state index contributed by atoms with van der Waals surface area (Å²) in [6, 6.07) is 8.59. The average Bonchev–Trinajstić information content (AvgIpc) is 2.86. The highest BCUT2D eigenvalue weighted by molar-refractivity contribution is 6.39. The third-order valence-electron chi connectivity index (χ3n) is 8.70. The van der Waals surface area contributed by atoms with Crippen molar-refractivity contribution in [2.45, 2.75) is 43.9 Å². The van der Waals surface area contributed by atoms with Crippen LogP contribution in [0.5, 0.6) is 11.5 Å². The molecule has 4 amide bonds. The van der Waals surface area contributed by atoms with E-state index < -0.39 is 39.8 Å². The van der Waals surface area contributed by atoms with Gasteiger partial charge in [0.05, 0.1) is 23.8 Å². The number of nitrogens with zero attached hydrogens (tertiary/aromatic N) is 2. The van der Waals surface area contributed by atoms with Gasteiger partial charge in [0.2, 0.25) is 0 Å². The number of anilines is 1. The second kappa shape index (κ2) is 8.68. The van der Waals surface area contributed by atoms with Gasteiger partial charge in [-0.15, -0.1) is 0 Å². The Balaban J connectivity index is 1.32. The Labute approximate surface area is 218 Å². The second-order valence-corrected chi connectivity index (χ2v) is 11.0. The number of methoxy groups -OCH3 is 1. The summed E-state index contributed by atoms with van der Waals surface area (Å²) in [5.41, 5.74) is 0.670. The molecule has 38 heavy (non-hydrogen) atoms. The van der Waals surface area contributed by atoms with E-state index in [1.165, 1.54) is 51.2 Å². The lowest BCUT2D eigenvalue weighted by Crippen LogP contribution is -2.54. The lowest BCUT2D eigenvalue weighted by molar-refractivity contribution is -0.385. The van der Waals surface area contributed by atoms with Gasteiger partial charge in [-0.05, 0) is 85.5 Å². The van der Waals surface area contributed by atoms with Gasteiger partial charge in [0.15, 0.2) is 11.5 Å². The van der Waals surface area contributed by atoms with Crippen molar-refractivity contribution in [1.82, 2.24) is 5.32 Å². The third-order valence-corrected chi connectivity index (χ3v) is 8.70. The standard InChI is InChI=1S/C28H27N3O7/c1-38-23-11-21(31(36)37)9-18(24(23)32)10-22-25(33)29-27(35)30(26(22)34)20-4-2-19(3-5-20)28-12-15-6-16(13-28)8-17(7-15)14-28/h2-5,9-11,15-17,32H,6-8,12-14H2,1H3,(H,29,33,35)/b22-10+. The minimum atomic E-state index is -0.966. The summed E-state index contributed by atoms with van der Waals surface area (Å²) in [6.07, 6.45) is 8.54. The number of hydrogen-bond donors (Lipinski definition) is 2. The van der Waals surface area contributed by atoms with Crippen molar-refractivity contribution in [3.8, 4) is 11.5 Å². The molecule has 196 valence electrons. The molecule has 10 nitrogen and oxygen atoms in total. The van der Waals surface area contributed by atoms with Crippen LogP contribution in [0, 0.1) is 27.9 Å². The number of nitro benzene ring substituents is 1. The molecule has 2 aromatic rings. The molecule has 0 unspecified atom stereocenters. The van der Waals surface area contributed by atoms with E-state index in [9.17, 15) is 29.6 Å². The highest BCUT2D eigenvalue weighted by Crippen LogP contribution is 2.60. The summed E-state index contributed by atoms with van der Waals surface area (Å²) in [5.74, 6) is -0.205. The van der Waals surface area contributed by atoms with E-state index in [1.807, 2.05) is 12.1 Å². The smallest absolute Gasteiger partial charge is 0.335 e. The predicted octanol–water partition coefficient (Wildman–Crippen LogP) is 4.44. The number of nitro groups is 1. The van der Waals surface area contributed by atoms with Gasteiger partial charge < -0.3 is 9.84 Å². The summed E-state index contributed by atoms with van der Waals surface area (Å²) in [6.45, 7) is 0. The summed E-state index contributed by atoms with van der Waals surface area (Å²) in [5, 5.41) is 23.9. The van der Waals surface area contributed by atoms with Gasteiger partial charge in [-0.1, -0.05) is 12.1 Å². The molecule has 4 bridgehead atoms. The lowest BCUT2D eigenvalue weighted by atomic mass is 9.48. The molecule has 4 saturated carbocycles. The fourth-order valence-corrected chi connectivity index (χ4v) is 7.46.